The Labute approximate surface area is 164 Å². The quantitative estimate of drug-likeness (QED) is 0.564. The van der Waals surface area contributed by atoms with Crippen molar-refractivity contribution in [2.24, 2.45) is 5.73 Å². The van der Waals surface area contributed by atoms with Gasteiger partial charge in [0.05, 0.1) is 17.7 Å². The molecular formula is C18H15F9N2O. The van der Waals surface area contributed by atoms with Crippen molar-refractivity contribution in [1.29, 1.82) is 0 Å². The molecule has 0 heterocycles. The normalized spacial score (nSPS) is 15.0. The van der Waals surface area contributed by atoms with Crippen LogP contribution in [0.15, 0.2) is 42.5 Å². The van der Waals surface area contributed by atoms with E-state index in [4.69, 9.17) is 5.73 Å². The van der Waals surface area contributed by atoms with Crippen LogP contribution in [0, 0.1) is 0 Å². The molecule has 0 fully saturated rings. The molecule has 166 valence electrons. The molecule has 0 spiro atoms. The van der Waals surface area contributed by atoms with E-state index in [1.54, 1.807) is 0 Å². The van der Waals surface area contributed by atoms with Crippen LogP contribution in [0.4, 0.5) is 45.2 Å². The van der Waals surface area contributed by atoms with Gasteiger partial charge in [0.1, 0.15) is 0 Å². The number of rotatable bonds is 5. The maximum Gasteiger partial charge on any atom is 0.423 e. The first kappa shape index (κ1) is 23.8. The molecule has 0 aliphatic heterocycles. The highest BCUT2D eigenvalue weighted by Gasteiger charge is 2.56. The van der Waals surface area contributed by atoms with Crippen molar-refractivity contribution in [2.45, 2.75) is 30.7 Å². The van der Waals surface area contributed by atoms with Crippen LogP contribution in [0.25, 0.3) is 0 Å². The molecule has 0 bridgehead atoms. The molecule has 0 aliphatic carbocycles. The van der Waals surface area contributed by atoms with Crippen LogP contribution >= 0.6 is 0 Å². The summed E-state index contributed by atoms with van der Waals surface area (Å²) in [5, 5.41) is 12.4. The predicted octanol–water partition coefficient (Wildman–Crippen LogP) is 5.04. The van der Waals surface area contributed by atoms with E-state index in [0.29, 0.717) is 5.56 Å². The fourth-order valence-electron chi connectivity index (χ4n) is 2.55. The summed E-state index contributed by atoms with van der Waals surface area (Å²) in [6.07, 6.45) is -16.3. The minimum atomic E-state index is -5.59. The highest BCUT2D eigenvalue weighted by atomic mass is 19.4. The highest BCUT2D eigenvalue weighted by Crippen LogP contribution is 2.44. The van der Waals surface area contributed by atoms with E-state index in [1.165, 1.54) is 24.3 Å². The predicted molar refractivity (Wildman–Crippen MR) is 89.2 cm³/mol. The van der Waals surface area contributed by atoms with Crippen molar-refractivity contribution >= 4 is 5.69 Å². The van der Waals surface area contributed by atoms with Crippen LogP contribution in [0.1, 0.15) is 22.3 Å². The summed E-state index contributed by atoms with van der Waals surface area (Å²) >= 11 is 0. The maximum absolute atomic E-state index is 13.6. The Morgan fingerprint density at radius 1 is 0.733 bits per heavy atom. The second-order valence-electron chi connectivity index (χ2n) is 6.41. The topological polar surface area (TPSA) is 58.3 Å². The Bertz CT molecular complexity index is 841. The van der Waals surface area contributed by atoms with Gasteiger partial charge in [0.15, 0.2) is 0 Å². The number of hydrogen-bond acceptors (Lipinski definition) is 3. The van der Waals surface area contributed by atoms with Gasteiger partial charge in [0.2, 0.25) is 5.60 Å². The molecule has 0 aliphatic rings. The Balaban J connectivity index is 2.54. The summed E-state index contributed by atoms with van der Waals surface area (Å²) in [5.74, 6) is 0. The molecule has 0 saturated carbocycles. The summed E-state index contributed by atoms with van der Waals surface area (Å²) in [7, 11) is 0. The third kappa shape index (κ3) is 5.17. The average molecular weight is 446 g/mol. The van der Waals surface area contributed by atoms with E-state index in [1.807, 2.05) is 0 Å². The molecule has 1 atom stereocenters. The summed E-state index contributed by atoms with van der Waals surface area (Å²) in [6, 6.07) is 4.86. The van der Waals surface area contributed by atoms with E-state index >= 15 is 0 Å². The van der Waals surface area contributed by atoms with Crippen LogP contribution in [0.2, 0.25) is 0 Å². The van der Waals surface area contributed by atoms with Gasteiger partial charge in [-0.2, -0.15) is 39.5 Å². The number of halogens is 9. The Hall–Kier alpha value is -2.47. The van der Waals surface area contributed by atoms with E-state index in [0.717, 1.165) is 0 Å². The number of aliphatic hydroxyl groups is 1. The second kappa shape index (κ2) is 7.99. The minimum absolute atomic E-state index is 0.0397. The molecule has 0 unspecified atom stereocenters. The smallest absolute Gasteiger partial charge is 0.381 e. The third-order valence-electron chi connectivity index (χ3n) is 4.27. The fraction of sp³-hybridized carbons (Fsp3) is 0.333. The first-order valence-corrected chi connectivity index (χ1v) is 8.20. The zero-order valence-corrected chi connectivity index (χ0v) is 14.9. The Morgan fingerprint density at radius 3 is 1.53 bits per heavy atom. The van der Waals surface area contributed by atoms with Gasteiger partial charge in [-0.05, 0) is 41.5 Å². The molecule has 0 saturated heterocycles. The Morgan fingerprint density at radius 2 is 1.17 bits per heavy atom. The molecule has 4 N–H and O–H groups in total. The molecule has 0 radical (unpaired) electrons. The lowest BCUT2D eigenvalue weighted by molar-refractivity contribution is -0.261. The van der Waals surface area contributed by atoms with E-state index in [9.17, 15) is 44.6 Å². The fourth-order valence-corrected chi connectivity index (χ4v) is 2.55. The average Bonchev–Trinajstić information content (AvgIpc) is 2.63. The van der Waals surface area contributed by atoms with Crippen molar-refractivity contribution in [3.8, 4) is 0 Å². The first-order chi connectivity index (χ1) is 13.6. The van der Waals surface area contributed by atoms with Crippen LogP contribution in [0.5, 0.6) is 0 Å². The number of nitrogens with one attached hydrogen (secondary N) is 1. The van der Waals surface area contributed by atoms with Crippen LogP contribution in [-0.2, 0) is 24.5 Å². The summed E-state index contributed by atoms with van der Waals surface area (Å²) in [5.41, 5.74) is -3.53. The molecule has 0 aromatic heterocycles. The molecule has 2 aromatic rings. The number of hydrogen-bond donors (Lipinski definition) is 3. The maximum atomic E-state index is 13.6. The van der Waals surface area contributed by atoms with Gasteiger partial charge in [0, 0.05) is 12.2 Å². The molecule has 2 aromatic carbocycles. The van der Waals surface area contributed by atoms with Crippen LogP contribution in [0.3, 0.4) is 0 Å². The second-order valence-corrected chi connectivity index (χ2v) is 6.41. The number of anilines is 1. The molecule has 3 nitrogen and oxygen atoms in total. The summed E-state index contributed by atoms with van der Waals surface area (Å²) < 4.78 is 119. The molecule has 30 heavy (non-hydrogen) atoms. The molecule has 12 heteroatoms. The van der Waals surface area contributed by atoms with E-state index in [2.05, 4.69) is 5.32 Å². The van der Waals surface area contributed by atoms with Gasteiger partial charge in [-0.25, -0.2) is 0 Å². The molecular weight excluding hydrogens is 431 g/mol. The lowest BCUT2D eigenvalue weighted by Gasteiger charge is -2.32. The zero-order valence-electron chi connectivity index (χ0n) is 14.9. The van der Waals surface area contributed by atoms with E-state index < -0.39 is 47.4 Å². The number of nitrogens with two attached hydrogens (primary N) is 1. The van der Waals surface area contributed by atoms with Crippen molar-refractivity contribution in [3.05, 3.63) is 64.7 Å². The van der Waals surface area contributed by atoms with E-state index in [-0.39, 0.29) is 30.4 Å². The monoisotopic (exact) mass is 446 g/mol. The van der Waals surface area contributed by atoms with Crippen molar-refractivity contribution in [1.82, 2.24) is 0 Å². The van der Waals surface area contributed by atoms with Crippen LogP contribution in [-0.4, -0.2) is 17.8 Å². The standard InChI is InChI=1S/C18H15F9N2O/c19-16(20,21)12-5-11(6-13(7-12)17(22,23)24)15(30,18(25,26)27)9-29-14-3-1-10(8-28)2-4-14/h1-7,29-30H,8-9,28H2/t15-/m1/s1. The van der Waals surface area contributed by atoms with Gasteiger partial charge in [-0.15, -0.1) is 0 Å². The van der Waals surface area contributed by atoms with Gasteiger partial charge < -0.3 is 16.2 Å². The minimum Gasteiger partial charge on any atom is -0.381 e. The first-order valence-electron chi connectivity index (χ1n) is 8.20. The summed E-state index contributed by atoms with van der Waals surface area (Å²) in [4.78, 5) is 0. The highest BCUT2D eigenvalue weighted by molar-refractivity contribution is 5.46. The van der Waals surface area contributed by atoms with Crippen molar-refractivity contribution in [2.75, 3.05) is 11.9 Å². The van der Waals surface area contributed by atoms with Gasteiger partial charge in [0.25, 0.3) is 0 Å². The van der Waals surface area contributed by atoms with Crippen molar-refractivity contribution in [3.63, 3.8) is 0 Å². The lowest BCUT2D eigenvalue weighted by Crippen LogP contribution is -2.48. The SMILES string of the molecule is NCc1ccc(NC[C@@](O)(c2cc(C(F)(F)F)cc(C(F)(F)F)c2)C(F)(F)F)cc1. The van der Waals surface area contributed by atoms with Gasteiger partial charge in [-0.1, -0.05) is 12.1 Å². The van der Waals surface area contributed by atoms with Crippen molar-refractivity contribution < 1.29 is 44.6 Å². The van der Waals surface area contributed by atoms with Gasteiger partial charge >= 0.3 is 18.5 Å². The number of benzene rings is 2. The zero-order chi connectivity index (χ0) is 23.0. The van der Waals surface area contributed by atoms with Gasteiger partial charge in [-0.3, -0.25) is 0 Å². The largest absolute Gasteiger partial charge is 0.423 e. The lowest BCUT2D eigenvalue weighted by atomic mass is 9.89. The number of alkyl halides is 9. The van der Waals surface area contributed by atoms with Crippen LogP contribution < -0.4 is 11.1 Å². The summed E-state index contributed by atoms with van der Waals surface area (Å²) in [6.45, 7) is -1.30. The third-order valence-corrected chi connectivity index (χ3v) is 4.27. The molecule has 2 rings (SSSR count). The Kier molecular flexibility index (Phi) is 6.34. The molecule has 0 amide bonds.